The van der Waals surface area contributed by atoms with Gasteiger partial charge in [-0.15, -0.1) is 6.54 Å². The average Bonchev–Trinajstić information content (AvgIpc) is 2.96. The summed E-state index contributed by atoms with van der Waals surface area (Å²) >= 11 is 0. The number of nitrogen functional groups attached to an aromatic ring is 1. The second kappa shape index (κ2) is 15.1. The van der Waals surface area contributed by atoms with Gasteiger partial charge in [0.1, 0.15) is 5.84 Å². The Kier molecular flexibility index (Phi) is 11.9. The summed E-state index contributed by atoms with van der Waals surface area (Å²) < 4.78 is 0. The summed E-state index contributed by atoms with van der Waals surface area (Å²) in [5.74, 6) is -0.446. The molecule has 6 nitrogen and oxygen atoms in total. The summed E-state index contributed by atoms with van der Waals surface area (Å²) in [5.41, 5.74) is 19.4. The molecule has 2 atom stereocenters. The maximum atomic E-state index is 13.3. The number of hydrogen-bond donors (Lipinski definition) is 4. The Bertz CT molecular complexity index is 1380. The van der Waals surface area contributed by atoms with Crippen molar-refractivity contribution in [1.82, 2.24) is 5.32 Å². The number of nitrogens with two attached hydrogens (primary N) is 1. The number of nitrogens with one attached hydrogen (secondary N) is 3. The molecule has 0 spiro atoms. The van der Waals surface area contributed by atoms with E-state index >= 15 is 0 Å². The van der Waals surface area contributed by atoms with Crippen molar-refractivity contribution < 1.29 is 54.0 Å². The third kappa shape index (κ3) is 8.58. The molecule has 0 aliphatic carbocycles. The predicted molar refractivity (Wildman–Crippen MR) is 153 cm³/mol. The van der Waals surface area contributed by atoms with Crippen LogP contribution in [0, 0.1) is 55.4 Å². The standard InChI is InChI=1S/C32H33N4O2.Ac/c33-20-24-9-5-10-27(18-24)25-12-14-26(15-13-25)32(38)36-30(19-22-6-2-1-3-7-22)29(21-37)17-23-8-4-11-28(16-23)31(34)35;/h1-16,18,29-30,33,37H,17,19-21H2,(H3,34,35)(H,36,38);/q-1;. The first-order chi connectivity index (χ1) is 18.5. The van der Waals surface area contributed by atoms with Gasteiger partial charge in [0.15, 0.2) is 0 Å². The third-order valence-electron chi connectivity index (χ3n) is 6.77. The number of carbonyl (C=O) groups is 1. The molecule has 1 radical (unpaired) electrons. The van der Waals surface area contributed by atoms with Crippen molar-refractivity contribution in [3.8, 4) is 11.1 Å². The Hall–Kier alpha value is -2.82. The minimum Gasteiger partial charge on any atom is -0.674 e. The van der Waals surface area contributed by atoms with Crippen LogP contribution in [0.1, 0.15) is 32.6 Å². The molecular formula is C32H33AcN4O2-. The van der Waals surface area contributed by atoms with E-state index in [1.165, 1.54) is 0 Å². The molecule has 6 N–H and O–H groups in total. The van der Waals surface area contributed by atoms with Gasteiger partial charge in [-0.25, -0.2) is 0 Å². The maximum absolute atomic E-state index is 13.3. The Labute approximate surface area is 265 Å². The predicted octanol–water partition coefficient (Wildman–Crippen LogP) is 5.38. The van der Waals surface area contributed by atoms with Crippen molar-refractivity contribution in [1.29, 1.82) is 5.41 Å². The molecule has 7 heteroatoms. The van der Waals surface area contributed by atoms with Crippen LogP contribution in [0.4, 0.5) is 0 Å². The van der Waals surface area contributed by atoms with Gasteiger partial charge in [0.2, 0.25) is 0 Å². The first kappa shape index (κ1) is 30.7. The number of hydrogen-bond acceptors (Lipinski definition) is 3. The fourth-order valence-electron chi connectivity index (χ4n) is 4.63. The fraction of sp³-hybridized carbons (Fsp3) is 0.188. The van der Waals surface area contributed by atoms with E-state index in [1.54, 1.807) is 6.07 Å². The first-order valence-electron chi connectivity index (χ1n) is 12.7. The van der Waals surface area contributed by atoms with Crippen LogP contribution in [-0.2, 0) is 19.4 Å². The largest absolute Gasteiger partial charge is 0.674 e. The molecule has 0 aliphatic rings. The SMILES string of the molecule is N=C(N)c1cccc(CC(CO)C(Cc2ccccc2)NC(=O)c2ccc(-c3cccc(C[NH-])c3)cc2)c1.[Ac]. The van der Waals surface area contributed by atoms with Crippen LogP contribution in [-0.4, -0.2) is 29.5 Å². The molecule has 0 saturated carbocycles. The van der Waals surface area contributed by atoms with Crippen LogP contribution >= 0.6 is 0 Å². The molecular weight excluding hydrogens is 699 g/mol. The zero-order valence-corrected chi connectivity index (χ0v) is 26.6. The van der Waals surface area contributed by atoms with Gasteiger partial charge >= 0.3 is 0 Å². The maximum Gasteiger partial charge on any atom is 0.251 e. The molecule has 4 aromatic carbocycles. The zero-order chi connectivity index (χ0) is 26.9. The minimum atomic E-state index is -0.315. The van der Waals surface area contributed by atoms with Crippen molar-refractivity contribution in [2.24, 2.45) is 11.7 Å². The van der Waals surface area contributed by atoms with E-state index < -0.39 is 0 Å². The van der Waals surface area contributed by atoms with Gasteiger partial charge in [-0.3, -0.25) is 10.2 Å². The second-order valence-corrected chi connectivity index (χ2v) is 9.49. The van der Waals surface area contributed by atoms with Gasteiger partial charge in [-0.05, 0) is 53.3 Å². The van der Waals surface area contributed by atoms with Gasteiger partial charge in [-0.2, -0.15) is 0 Å². The van der Waals surface area contributed by atoms with Gasteiger partial charge in [0.25, 0.3) is 5.91 Å². The number of aliphatic hydroxyl groups excluding tert-OH is 1. The summed E-state index contributed by atoms with van der Waals surface area (Å²) in [6.45, 7) is 0.121. The molecule has 0 bridgehead atoms. The van der Waals surface area contributed by atoms with E-state index in [4.69, 9.17) is 16.9 Å². The number of benzene rings is 4. The fourth-order valence-corrected chi connectivity index (χ4v) is 4.63. The van der Waals surface area contributed by atoms with E-state index in [-0.39, 0.29) is 80.9 Å². The molecule has 4 aromatic rings. The van der Waals surface area contributed by atoms with E-state index in [0.29, 0.717) is 24.0 Å². The number of amides is 1. The van der Waals surface area contributed by atoms with Crippen molar-refractivity contribution >= 4 is 11.7 Å². The number of aliphatic hydroxyl groups is 1. The second-order valence-electron chi connectivity index (χ2n) is 9.49. The van der Waals surface area contributed by atoms with Crippen molar-refractivity contribution in [3.63, 3.8) is 0 Å². The van der Waals surface area contributed by atoms with Crippen LogP contribution in [0.2, 0.25) is 0 Å². The number of amidine groups is 1. The molecule has 2 unspecified atom stereocenters. The molecule has 4 rings (SSSR count). The van der Waals surface area contributed by atoms with Crippen LogP contribution in [0.25, 0.3) is 16.9 Å². The zero-order valence-electron chi connectivity index (χ0n) is 21.8. The summed E-state index contributed by atoms with van der Waals surface area (Å²) in [6.07, 6.45) is 1.10. The molecule has 0 saturated heterocycles. The summed E-state index contributed by atoms with van der Waals surface area (Å²) in [6, 6.07) is 32.4. The summed E-state index contributed by atoms with van der Waals surface area (Å²) in [7, 11) is 0. The topological polar surface area (TPSA) is 123 Å². The van der Waals surface area contributed by atoms with E-state index in [9.17, 15) is 9.90 Å². The van der Waals surface area contributed by atoms with Gasteiger partial charge in [0.05, 0.1) is 0 Å². The average molecular weight is 733 g/mol. The number of rotatable bonds is 11. The molecule has 0 fully saturated rings. The van der Waals surface area contributed by atoms with Crippen molar-refractivity contribution in [3.05, 3.63) is 137 Å². The normalized spacial score (nSPS) is 12.2. The molecule has 0 heterocycles. The summed E-state index contributed by atoms with van der Waals surface area (Å²) in [4.78, 5) is 13.3. The Balaban J connectivity index is 0.00000420. The van der Waals surface area contributed by atoms with Crippen molar-refractivity contribution in [2.75, 3.05) is 6.61 Å². The van der Waals surface area contributed by atoms with Gasteiger partial charge in [-0.1, -0.05) is 90.5 Å². The van der Waals surface area contributed by atoms with Crippen LogP contribution in [0.15, 0.2) is 103 Å². The number of carbonyl (C=O) groups excluding carboxylic acids is 1. The van der Waals surface area contributed by atoms with Crippen LogP contribution < -0.4 is 11.1 Å². The van der Waals surface area contributed by atoms with E-state index in [0.717, 1.165) is 27.8 Å². The smallest absolute Gasteiger partial charge is 0.251 e. The van der Waals surface area contributed by atoms with E-state index in [1.807, 2.05) is 97.1 Å². The Morgan fingerprint density at radius 3 is 2.13 bits per heavy atom. The molecule has 197 valence electrons. The minimum absolute atomic E-state index is 0. The van der Waals surface area contributed by atoms with Crippen LogP contribution in [0.5, 0.6) is 0 Å². The monoisotopic (exact) mass is 732 g/mol. The molecule has 0 aliphatic heterocycles. The third-order valence-corrected chi connectivity index (χ3v) is 6.77. The van der Waals surface area contributed by atoms with Gasteiger partial charge < -0.3 is 21.9 Å². The Morgan fingerprint density at radius 2 is 1.46 bits per heavy atom. The van der Waals surface area contributed by atoms with E-state index in [2.05, 4.69) is 5.32 Å². The van der Waals surface area contributed by atoms with Gasteiger partial charge in [0, 0.05) is 73.8 Å². The summed E-state index contributed by atoms with van der Waals surface area (Å²) in [5, 5.41) is 21.3. The molecule has 39 heavy (non-hydrogen) atoms. The van der Waals surface area contributed by atoms with Crippen molar-refractivity contribution in [2.45, 2.75) is 25.4 Å². The quantitative estimate of drug-likeness (QED) is 0.122. The van der Waals surface area contributed by atoms with Crippen LogP contribution in [0.3, 0.4) is 0 Å². The first-order valence-corrected chi connectivity index (χ1v) is 12.7. The molecule has 0 aromatic heterocycles. The Morgan fingerprint density at radius 1 is 0.795 bits per heavy atom. The molecule has 1 amide bonds.